The largest absolute Gasteiger partial charge is 0.208 e. The summed E-state index contributed by atoms with van der Waals surface area (Å²) in [6.07, 6.45) is 4.50. The van der Waals surface area contributed by atoms with E-state index in [9.17, 15) is 0 Å². The zero-order chi connectivity index (χ0) is 40.5. The van der Waals surface area contributed by atoms with Crippen LogP contribution in [0.5, 0.6) is 0 Å². The number of nitrogens with zero attached hydrogens (tertiary/aromatic N) is 3. The van der Waals surface area contributed by atoms with E-state index in [1.165, 1.54) is 37.3 Å². The molecule has 1 aliphatic heterocycles. The van der Waals surface area contributed by atoms with Gasteiger partial charge in [-0.05, 0) is 96.7 Å². The molecule has 0 saturated heterocycles. The summed E-state index contributed by atoms with van der Waals surface area (Å²) in [6, 6.07) is 75.2. The van der Waals surface area contributed by atoms with Gasteiger partial charge in [-0.15, -0.1) is 0 Å². The molecule has 0 bridgehead atoms. The second-order valence-corrected chi connectivity index (χ2v) is 16.2. The van der Waals surface area contributed by atoms with Crippen LogP contribution in [0.15, 0.2) is 222 Å². The van der Waals surface area contributed by atoms with Gasteiger partial charge in [0.15, 0.2) is 17.5 Å². The van der Waals surface area contributed by atoms with Crippen LogP contribution in [0, 0.1) is 0 Å². The smallest absolute Gasteiger partial charge is 0.164 e. The Kier molecular flexibility index (Phi) is 9.45. The topological polar surface area (TPSA) is 38.7 Å². The molecule has 11 rings (SSSR count). The van der Waals surface area contributed by atoms with E-state index in [1.54, 1.807) is 0 Å². The summed E-state index contributed by atoms with van der Waals surface area (Å²) in [5.74, 6) is 1.85. The normalized spacial score (nSPS) is 11.8. The molecule has 9 aromatic carbocycles. The first-order chi connectivity index (χ1) is 30.2. The molecule has 10 aromatic rings. The Morgan fingerprint density at radius 2 is 0.820 bits per heavy atom. The highest BCUT2D eigenvalue weighted by Gasteiger charge is 2.20. The van der Waals surface area contributed by atoms with Crippen LogP contribution in [0.2, 0.25) is 0 Å². The summed E-state index contributed by atoms with van der Waals surface area (Å²) in [5, 5.41) is 2.42. The minimum Gasteiger partial charge on any atom is -0.208 e. The first-order valence-corrected chi connectivity index (χ1v) is 21.3. The van der Waals surface area contributed by atoms with Gasteiger partial charge in [-0.3, -0.25) is 0 Å². The Bertz CT molecular complexity index is 3210. The van der Waals surface area contributed by atoms with E-state index in [1.807, 2.05) is 30.0 Å². The van der Waals surface area contributed by atoms with Crippen LogP contribution in [0.1, 0.15) is 11.1 Å². The van der Waals surface area contributed by atoms with Crippen molar-refractivity contribution in [3.8, 4) is 78.7 Å². The monoisotopic (exact) mass is 795 g/mol. The molecular formula is C57H37N3S. The van der Waals surface area contributed by atoms with E-state index >= 15 is 0 Å². The van der Waals surface area contributed by atoms with Crippen molar-refractivity contribution >= 4 is 34.7 Å². The second-order valence-electron chi connectivity index (χ2n) is 15.2. The van der Waals surface area contributed by atoms with E-state index < -0.39 is 0 Å². The summed E-state index contributed by atoms with van der Waals surface area (Å²) in [5.41, 5.74) is 14.2. The van der Waals surface area contributed by atoms with Gasteiger partial charge in [0.2, 0.25) is 0 Å². The fourth-order valence-electron chi connectivity index (χ4n) is 8.30. The van der Waals surface area contributed by atoms with Gasteiger partial charge in [0.25, 0.3) is 0 Å². The molecule has 0 radical (unpaired) electrons. The maximum Gasteiger partial charge on any atom is 0.164 e. The maximum absolute atomic E-state index is 5.33. The summed E-state index contributed by atoms with van der Waals surface area (Å²) in [7, 11) is 0. The lowest BCUT2D eigenvalue weighted by Crippen LogP contribution is -2.01. The van der Waals surface area contributed by atoms with Gasteiger partial charge in [0.05, 0.1) is 0 Å². The molecule has 1 aromatic heterocycles. The fourth-order valence-corrected chi connectivity index (χ4v) is 9.53. The molecule has 0 spiro atoms. The third-order valence-electron chi connectivity index (χ3n) is 11.3. The van der Waals surface area contributed by atoms with Crippen LogP contribution < -0.4 is 0 Å². The Balaban J connectivity index is 1.14. The lowest BCUT2D eigenvalue weighted by atomic mass is 9.93. The third-order valence-corrected chi connectivity index (χ3v) is 12.6. The summed E-state index contributed by atoms with van der Waals surface area (Å²) < 4.78 is 0. The molecule has 0 aliphatic carbocycles. The quantitative estimate of drug-likeness (QED) is 0.174. The van der Waals surface area contributed by atoms with Crippen molar-refractivity contribution in [2.75, 3.05) is 0 Å². The SMILES string of the molecule is C1=Cc2ccc(-c3nc(-c4ccccc4)nc(-c4cc(-c5ccccc5)cc(-c5ccccc5)c4)n3)cc2-c2ccc3ccccc3c2Sc2ccccc2-c2ccccc21. The molecule has 0 saturated carbocycles. The highest BCUT2D eigenvalue weighted by molar-refractivity contribution is 7.99. The van der Waals surface area contributed by atoms with Crippen molar-refractivity contribution in [3.05, 3.63) is 223 Å². The molecule has 0 amide bonds. The number of benzene rings is 9. The molecule has 0 N–H and O–H groups in total. The van der Waals surface area contributed by atoms with Crippen molar-refractivity contribution in [3.63, 3.8) is 0 Å². The Labute approximate surface area is 359 Å². The molecule has 4 heteroatoms. The minimum absolute atomic E-state index is 0.613. The number of fused-ring (bicyclic) bond motifs is 8. The van der Waals surface area contributed by atoms with Crippen molar-refractivity contribution in [1.82, 2.24) is 15.0 Å². The van der Waals surface area contributed by atoms with Gasteiger partial charge in [0, 0.05) is 26.5 Å². The number of hydrogen-bond acceptors (Lipinski definition) is 4. The van der Waals surface area contributed by atoms with Crippen LogP contribution in [-0.4, -0.2) is 15.0 Å². The number of hydrogen-bond donors (Lipinski definition) is 0. The third kappa shape index (κ3) is 7.14. The molecular weight excluding hydrogens is 759 g/mol. The predicted octanol–water partition coefficient (Wildman–Crippen LogP) is 15.3. The van der Waals surface area contributed by atoms with E-state index in [4.69, 9.17) is 15.0 Å². The minimum atomic E-state index is 0.613. The molecule has 61 heavy (non-hydrogen) atoms. The molecule has 0 unspecified atom stereocenters. The molecule has 1 aliphatic rings. The first-order valence-electron chi connectivity index (χ1n) is 20.5. The lowest BCUT2D eigenvalue weighted by Gasteiger charge is -2.17. The van der Waals surface area contributed by atoms with Crippen LogP contribution in [-0.2, 0) is 0 Å². The second kappa shape index (κ2) is 15.8. The number of aromatic nitrogens is 3. The molecule has 3 nitrogen and oxygen atoms in total. The molecule has 0 fully saturated rings. The highest BCUT2D eigenvalue weighted by Crippen LogP contribution is 2.47. The standard InChI is InChI=1S/C57H37N3S/c1-4-16-38(17-5-1)45-34-46(39-18-6-2-7-19-39)36-47(35-45)57-59-55(43-22-8-3-9-23-43)58-56(60-57)44-31-30-42-29-28-40-20-10-12-24-48(40)50-26-14-15-27-53(50)61-54-49-25-13-11-21-41(49)32-33-51(54)52(42)37-44/h1-37H. The van der Waals surface area contributed by atoms with Crippen molar-refractivity contribution < 1.29 is 0 Å². The van der Waals surface area contributed by atoms with Gasteiger partial charge in [-0.25, -0.2) is 15.0 Å². The summed E-state index contributed by atoms with van der Waals surface area (Å²) >= 11 is 1.84. The average molecular weight is 796 g/mol. The Morgan fingerprint density at radius 1 is 0.295 bits per heavy atom. The number of rotatable bonds is 5. The average Bonchev–Trinajstić information content (AvgIpc) is 3.36. The molecule has 0 atom stereocenters. The van der Waals surface area contributed by atoms with Gasteiger partial charge >= 0.3 is 0 Å². The maximum atomic E-state index is 5.33. The first kappa shape index (κ1) is 36.4. The van der Waals surface area contributed by atoms with Crippen molar-refractivity contribution in [2.45, 2.75) is 9.79 Å². The molecule has 286 valence electrons. The van der Waals surface area contributed by atoms with Gasteiger partial charge in [-0.1, -0.05) is 206 Å². The predicted molar refractivity (Wildman–Crippen MR) is 255 cm³/mol. The fraction of sp³-hybridized carbons (Fsp3) is 0. The Hall–Kier alpha value is -7.66. The summed E-state index contributed by atoms with van der Waals surface area (Å²) in [6.45, 7) is 0. The van der Waals surface area contributed by atoms with Crippen LogP contribution in [0.3, 0.4) is 0 Å². The zero-order valence-electron chi connectivity index (χ0n) is 33.1. The van der Waals surface area contributed by atoms with Gasteiger partial charge < -0.3 is 0 Å². The van der Waals surface area contributed by atoms with E-state index in [0.717, 1.165) is 55.6 Å². The van der Waals surface area contributed by atoms with Gasteiger partial charge in [0.1, 0.15) is 0 Å². The van der Waals surface area contributed by atoms with Crippen molar-refractivity contribution in [2.24, 2.45) is 0 Å². The van der Waals surface area contributed by atoms with Crippen LogP contribution in [0.4, 0.5) is 0 Å². The van der Waals surface area contributed by atoms with E-state index in [-0.39, 0.29) is 0 Å². The Morgan fingerprint density at radius 3 is 1.52 bits per heavy atom. The van der Waals surface area contributed by atoms with Gasteiger partial charge in [-0.2, -0.15) is 0 Å². The van der Waals surface area contributed by atoms with E-state index in [0.29, 0.717) is 17.5 Å². The summed E-state index contributed by atoms with van der Waals surface area (Å²) in [4.78, 5) is 18.2. The van der Waals surface area contributed by atoms with E-state index in [2.05, 4.69) is 206 Å². The lowest BCUT2D eigenvalue weighted by molar-refractivity contribution is 1.07. The van der Waals surface area contributed by atoms with Crippen LogP contribution in [0.25, 0.3) is 102 Å². The molecule has 2 heterocycles. The highest BCUT2D eigenvalue weighted by atomic mass is 32.2. The van der Waals surface area contributed by atoms with Crippen molar-refractivity contribution in [1.29, 1.82) is 0 Å². The van der Waals surface area contributed by atoms with Crippen LogP contribution >= 0.6 is 11.8 Å². The zero-order valence-corrected chi connectivity index (χ0v) is 33.9.